The third kappa shape index (κ3) is 5.51. The van der Waals surface area contributed by atoms with E-state index in [0.29, 0.717) is 5.56 Å². The van der Waals surface area contributed by atoms with Crippen LogP contribution in [-0.4, -0.2) is 23.7 Å². The molecule has 0 fully saturated rings. The number of nitrogens with one attached hydrogen (secondary N) is 1. The van der Waals surface area contributed by atoms with Gasteiger partial charge in [-0.2, -0.15) is 0 Å². The molecule has 0 aromatic heterocycles. The van der Waals surface area contributed by atoms with Crippen molar-refractivity contribution in [3.05, 3.63) is 71.8 Å². The molecule has 122 valence electrons. The van der Waals surface area contributed by atoms with Gasteiger partial charge in [-0.3, -0.25) is 0 Å². The lowest BCUT2D eigenvalue weighted by Gasteiger charge is -2.18. The van der Waals surface area contributed by atoms with Crippen LogP contribution in [0, 0.1) is 0 Å². The monoisotopic (exact) mass is 313 g/mol. The maximum Gasteiger partial charge on any atom is 0.339 e. The van der Waals surface area contributed by atoms with E-state index in [4.69, 9.17) is 4.74 Å². The summed E-state index contributed by atoms with van der Waals surface area (Å²) in [6.07, 6.45) is -0.399. The van der Waals surface area contributed by atoms with Gasteiger partial charge >= 0.3 is 5.97 Å². The second-order valence-corrected chi connectivity index (χ2v) is 5.41. The lowest BCUT2D eigenvalue weighted by Crippen LogP contribution is -2.34. The predicted octanol–water partition coefficient (Wildman–Crippen LogP) is 2.83. The van der Waals surface area contributed by atoms with Crippen LogP contribution in [0.3, 0.4) is 0 Å². The number of ether oxygens (including phenoxy) is 1. The minimum Gasteiger partial charge on any atom is -0.462 e. The van der Waals surface area contributed by atoms with Crippen LogP contribution in [0.1, 0.15) is 30.6 Å². The SMILES string of the molecule is CCC(COC(=O)[C@H](O)c1ccccc1)NCc1ccccc1. The third-order valence-corrected chi connectivity index (χ3v) is 3.70. The Bertz CT molecular complexity index is 586. The molecule has 0 saturated heterocycles. The molecule has 2 N–H and O–H groups in total. The van der Waals surface area contributed by atoms with Crippen molar-refractivity contribution in [2.24, 2.45) is 0 Å². The first-order valence-electron chi connectivity index (χ1n) is 7.87. The molecule has 2 rings (SSSR count). The van der Waals surface area contributed by atoms with E-state index in [0.717, 1.165) is 13.0 Å². The molecule has 0 amide bonds. The van der Waals surface area contributed by atoms with Crippen LogP contribution in [0.15, 0.2) is 60.7 Å². The summed E-state index contributed by atoms with van der Waals surface area (Å²) >= 11 is 0. The maximum atomic E-state index is 11.9. The molecule has 0 bridgehead atoms. The number of carbonyl (C=O) groups is 1. The fourth-order valence-electron chi connectivity index (χ4n) is 2.21. The highest BCUT2D eigenvalue weighted by Gasteiger charge is 2.19. The van der Waals surface area contributed by atoms with Gasteiger partial charge in [0.15, 0.2) is 6.10 Å². The van der Waals surface area contributed by atoms with Crippen LogP contribution in [0.25, 0.3) is 0 Å². The smallest absolute Gasteiger partial charge is 0.339 e. The Morgan fingerprint density at radius 3 is 2.30 bits per heavy atom. The highest BCUT2D eigenvalue weighted by Crippen LogP contribution is 2.14. The minimum absolute atomic E-state index is 0.0575. The van der Waals surface area contributed by atoms with Gasteiger partial charge in [0.2, 0.25) is 0 Å². The lowest BCUT2D eigenvalue weighted by atomic mass is 10.1. The lowest BCUT2D eigenvalue weighted by molar-refractivity contribution is -0.154. The van der Waals surface area contributed by atoms with Gasteiger partial charge in [0.25, 0.3) is 0 Å². The molecule has 0 aliphatic carbocycles. The van der Waals surface area contributed by atoms with Crippen LogP contribution in [-0.2, 0) is 16.1 Å². The Balaban J connectivity index is 1.79. The third-order valence-electron chi connectivity index (χ3n) is 3.70. The Morgan fingerprint density at radius 1 is 1.09 bits per heavy atom. The molecule has 2 aromatic rings. The van der Waals surface area contributed by atoms with Gasteiger partial charge in [0.05, 0.1) is 0 Å². The maximum absolute atomic E-state index is 11.9. The van der Waals surface area contributed by atoms with E-state index in [1.165, 1.54) is 5.56 Å². The number of aliphatic hydroxyl groups is 1. The molecule has 0 aliphatic rings. The van der Waals surface area contributed by atoms with Gasteiger partial charge in [-0.25, -0.2) is 4.79 Å². The standard InChI is InChI=1S/C19H23NO3/c1-2-17(20-13-15-9-5-3-6-10-15)14-23-19(22)18(21)16-11-7-4-8-12-16/h3-12,17-18,20-21H,2,13-14H2,1H3/t17?,18-/m1/s1. The van der Waals surface area contributed by atoms with E-state index in [-0.39, 0.29) is 12.6 Å². The van der Waals surface area contributed by atoms with Crippen molar-refractivity contribution in [3.8, 4) is 0 Å². The minimum atomic E-state index is -1.23. The number of hydrogen-bond donors (Lipinski definition) is 2. The Labute approximate surface area is 137 Å². The van der Waals surface area contributed by atoms with Crippen LogP contribution >= 0.6 is 0 Å². The van der Waals surface area contributed by atoms with E-state index in [1.807, 2.05) is 43.3 Å². The molecule has 23 heavy (non-hydrogen) atoms. The highest BCUT2D eigenvalue weighted by molar-refractivity contribution is 5.76. The van der Waals surface area contributed by atoms with Crippen molar-refractivity contribution < 1.29 is 14.6 Å². The van der Waals surface area contributed by atoms with Gasteiger partial charge in [-0.05, 0) is 17.5 Å². The van der Waals surface area contributed by atoms with Gasteiger partial charge in [0, 0.05) is 12.6 Å². The van der Waals surface area contributed by atoms with Crippen molar-refractivity contribution in [2.75, 3.05) is 6.61 Å². The fourth-order valence-corrected chi connectivity index (χ4v) is 2.21. The van der Waals surface area contributed by atoms with Crippen molar-refractivity contribution in [2.45, 2.75) is 32.0 Å². The average molecular weight is 313 g/mol. The molecule has 0 heterocycles. The molecule has 1 unspecified atom stereocenters. The Hall–Kier alpha value is -2.17. The molecule has 2 aromatic carbocycles. The summed E-state index contributed by atoms with van der Waals surface area (Å²) in [7, 11) is 0. The molecule has 0 spiro atoms. The summed E-state index contributed by atoms with van der Waals surface area (Å²) in [6, 6.07) is 18.9. The van der Waals surface area contributed by atoms with Crippen molar-refractivity contribution >= 4 is 5.97 Å². The first-order valence-corrected chi connectivity index (χ1v) is 7.87. The van der Waals surface area contributed by atoms with Crippen LogP contribution in [0.4, 0.5) is 0 Å². The summed E-state index contributed by atoms with van der Waals surface area (Å²) in [4.78, 5) is 11.9. The zero-order valence-electron chi connectivity index (χ0n) is 13.3. The number of carbonyl (C=O) groups excluding carboxylic acids is 1. The predicted molar refractivity (Wildman–Crippen MR) is 89.7 cm³/mol. The van der Waals surface area contributed by atoms with E-state index < -0.39 is 12.1 Å². The van der Waals surface area contributed by atoms with Crippen LogP contribution in [0.5, 0.6) is 0 Å². The van der Waals surface area contributed by atoms with Gasteiger partial charge in [-0.15, -0.1) is 0 Å². The normalized spacial score (nSPS) is 13.3. The first kappa shape index (κ1) is 17.2. The summed E-state index contributed by atoms with van der Waals surface area (Å²) < 4.78 is 5.25. The number of esters is 1. The Kier molecular flexibility index (Phi) is 6.78. The second-order valence-electron chi connectivity index (χ2n) is 5.41. The molecule has 0 saturated carbocycles. The topological polar surface area (TPSA) is 58.6 Å². The van der Waals surface area contributed by atoms with Gasteiger partial charge < -0.3 is 15.2 Å². The number of aliphatic hydroxyl groups excluding tert-OH is 1. The van der Waals surface area contributed by atoms with Gasteiger partial charge in [0.1, 0.15) is 6.61 Å². The van der Waals surface area contributed by atoms with Gasteiger partial charge in [-0.1, -0.05) is 67.6 Å². The van der Waals surface area contributed by atoms with E-state index in [1.54, 1.807) is 24.3 Å². The number of rotatable bonds is 8. The first-order chi connectivity index (χ1) is 11.2. The van der Waals surface area contributed by atoms with E-state index in [9.17, 15) is 9.90 Å². The largest absolute Gasteiger partial charge is 0.462 e. The molecule has 0 radical (unpaired) electrons. The second kappa shape index (κ2) is 9.08. The Morgan fingerprint density at radius 2 is 1.70 bits per heavy atom. The highest BCUT2D eigenvalue weighted by atomic mass is 16.5. The molecular formula is C19H23NO3. The van der Waals surface area contributed by atoms with Crippen molar-refractivity contribution in [1.82, 2.24) is 5.32 Å². The van der Waals surface area contributed by atoms with E-state index >= 15 is 0 Å². The molecule has 4 nitrogen and oxygen atoms in total. The van der Waals surface area contributed by atoms with Crippen molar-refractivity contribution in [3.63, 3.8) is 0 Å². The quantitative estimate of drug-likeness (QED) is 0.736. The van der Waals surface area contributed by atoms with E-state index in [2.05, 4.69) is 5.32 Å². The zero-order chi connectivity index (χ0) is 16.5. The molecule has 4 heteroatoms. The molecular weight excluding hydrogens is 290 g/mol. The van der Waals surface area contributed by atoms with Crippen LogP contribution < -0.4 is 5.32 Å². The number of hydrogen-bond acceptors (Lipinski definition) is 4. The molecule has 2 atom stereocenters. The summed E-state index contributed by atoms with van der Waals surface area (Å²) in [5.41, 5.74) is 1.73. The van der Waals surface area contributed by atoms with Crippen molar-refractivity contribution in [1.29, 1.82) is 0 Å². The summed E-state index contributed by atoms with van der Waals surface area (Å²) in [6.45, 7) is 2.99. The number of benzene rings is 2. The zero-order valence-corrected chi connectivity index (χ0v) is 13.3. The fraction of sp³-hybridized carbons (Fsp3) is 0.316. The molecule has 0 aliphatic heterocycles. The van der Waals surface area contributed by atoms with Crippen LogP contribution in [0.2, 0.25) is 0 Å². The summed E-state index contributed by atoms with van der Waals surface area (Å²) in [5.74, 6) is -0.615. The summed E-state index contributed by atoms with van der Waals surface area (Å²) in [5, 5.41) is 13.3. The average Bonchev–Trinajstić information content (AvgIpc) is 2.62.